The van der Waals surface area contributed by atoms with Crippen LogP contribution in [-0.2, 0) is 11.2 Å². The molecule has 0 aliphatic carbocycles. The Labute approximate surface area is 110 Å². The van der Waals surface area contributed by atoms with Crippen molar-refractivity contribution in [3.8, 4) is 0 Å². The molecule has 17 heavy (non-hydrogen) atoms. The first-order valence-corrected chi connectivity index (χ1v) is 6.32. The van der Waals surface area contributed by atoms with Crippen molar-refractivity contribution in [2.45, 2.75) is 6.42 Å². The summed E-state index contributed by atoms with van der Waals surface area (Å²) >= 11 is 11.9. The van der Waals surface area contributed by atoms with Crippen molar-refractivity contribution in [3.05, 3.63) is 33.8 Å². The molecule has 1 fully saturated rings. The molecule has 0 bridgehead atoms. The average molecular weight is 273 g/mol. The number of halogens is 2. The molecule has 1 aliphatic heterocycles. The lowest BCUT2D eigenvalue weighted by Crippen LogP contribution is -2.48. The molecule has 0 unspecified atom stereocenters. The molecule has 0 aromatic heterocycles. The number of hydrogen-bond acceptors (Lipinski definition) is 2. The minimum Gasteiger partial charge on any atom is -0.355 e. The number of amides is 1. The molecule has 0 atom stereocenters. The highest BCUT2D eigenvalue weighted by Crippen LogP contribution is 2.20. The molecule has 1 heterocycles. The Morgan fingerprint density at radius 1 is 1.41 bits per heavy atom. The molecule has 1 amide bonds. The van der Waals surface area contributed by atoms with Gasteiger partial charge >= 0.3 is 0 Å². The number of benzene rings is 1. The second-order valence-electron chi connectivity index (χ2n) is 4.24. The van der Waals surface area contributed by atoms with Gasteiger partial charge < -0.3 is 10.6 Å². The zero-order valence-corrected chi connectivity index (χ0v) is 10.8. The Morgan fingerprint density at radius 3 is 2.82 bits per heavy atom. The summed E-state index contributed by atoms with van der Waals surface area (Å²) in [6, 6.07) is 5.15. The minimum atomic E-state index is -0.0129. The van der Waals surface area contributed by atoms with Crippen molar-refractivity contribution in [1.29, 1.82) is 0 Å². The van der Waals surface area contributed by atoms with Crippen molar-refractivity contribution >= 4 is 29.1 Å². The maximum absolute atomic E-state index is 11.7. The van der Waals surface area contributed by atoms with Gasteiger partial charge in [0.2, 0.25) is 5.91 Å². The van der Waals surface area contributed by atoms with Crippen molar-refractivity contribution in [1.82, 2.24) is 10.6 Å². The second-order valence-corrected chi connectivity index (χ2v) is 5.08. The molecule has 2 rings (SSSR count). The minimum absolute atomic E-state index is 0.0129. The third-order valence-electron chi connectivity index (χ3n) is 2.81. The van der Waals surface area contributed by atoms with Crippen LogP contribution in [0.3, 0.4) is 0 Å². The molecule has 0 saturated carbocycles. The first-order chi connectivity index (χ1) is 8.15. The van der Waals surface area contributed by atoms with E-state index < -0.39 is 0 Å². The van der Waals surface area contributed by atoms with Crippen LogP contribution >= 0.6 is 23.2 Å². The maximum atomic E-state index is 11.7. The lowest BCUT2D eigenvalue weighted by molar-refractivity contribution is -0.120. The standard InChI is InChI=1S/C12H14Cl2N2O/c13-10-1-2-11(14)9(3-10)4-12(17)16-7-8-5-15-6-8/h1-3,8,15H,4-7H2,(H,16,17). The summed E-state index contributed by atoms with van der Waals surface area (Å²) in [6.07, 6.45) is 0.277. The molecule has 5 heteroatoms. The van der Waals surface area contributed by atoms with Gasteiger partial charge in [-0.2, -0.15) is 0 Å². The van der Waals surface area contributed by atoms with Crippen LogP contribution in [-0.4, -0.2) is 25.5 Å². The van der Waals surface area contributed by atoms with E-state index in [4.69, 9.17) is 23.2 Å². The normalized spacial score (nSPS) is 15.4. The van der Waals surface area contributed by atoms with Crippen LogP contribution in [0.1, 0.15) is 5.56 Å². The van der Waals surface area contributed by atoms with Crippen molar-refractivity contribution < 1.29 is 4.79 Å². The van der Waals surface area contributed by atoms with E-state index in [0.717, 1.165) is 25.2 Å². The molecule has 1 aliphatic rings. The highest BCUT2D eigenvalue weighted by atomic mass is 35.5. The van der Waals surface area contributed by atoms with Gasteiger partial charge in [0.05, 0.1) is 6.42 Å². The molecule has 0 radical (unpaired) electrons. The quantitative estimate of drug-likeness (QED) is 0.879. The number of nitrogens with one attached hydrogen (secondary N) is 2. The van der Waals surface area contributed by atoms with E-state index in [1.807, 2.05) is 0 Å². The summed E-state index contributed by atoms with van der Waals surface area (Å²) < 4.78 is 0. The van der Waals surface area contributed by atoms with Gasteiger partial charge in [0.25, 0.3) is 0 Å². The fraction of sp³-hybridized carbons (Fsp3) is 0.417. The van der Waals surface area contributed by atoms with E-state index in [9.17, 15) is 4.79 Å². The average Bonchev–Trinajstić information content (AvgIpc) is 2.21. The highest BCUT2D eigenvalue weighted by Gasteiger charge is 2.17. The Morgan fingerprint density at radius 2 is 2.18 bits per heavy atom. The van der Waals surface area contributed by atoms with Gasteiger partial charge in [-0.15, -0.1) is 0 Å². The zero-order chi connectivity index (χ0) is 12.3. The van der Waals surface area contributed by atoms with Crippen molar-refractivity contribution in [3.63, 3.8) is 0 Å². The number of carbonyl (C=O) groups is 1. The van der Waals surface area contributed by atoms with E-state index in [2.05, 4.69) is 10.6 Å². The molecular weight excluding hydrogens is 259 g/mol. The van der Waals surface area contributed by atoms with E-state index in [1.165, 1.54) is 0 Å². The van der Waals surface area contributed by atoms with Crippen LogP contribution in [0.15, 0.2) is 18.2 Å². The highest BCUT2D eigenvalue weighted by molar-refractivity contribution is 6.33. The van der Waals surface area contributed by atoms with E-state index in [0.29, 0.717) is 16.0 Å². The number of hydrogen-bond donors (Lipinski definition) is 2. The summed E-state index contributed by atoms with van der Waals surface area (Å²) in [6.45, 7) is 2.69. The SMILES string of the molecule is O=C(Cc1cc(Cl)ccc1Cl)NCC1CNC1. The lowest BCUT2D eigenvalue weighted by Gasteiger charge is -2.27. The van der Waals surface area contributed by atoms with Gasteiger partial charge in [-0.3, -0.25) is 4.79 Å². The molecule has 1 aromatic rings. The topological polar surface area (TPSA) is 41.1 Å². The number of rotatable bonds is 4. The van der Waals surface area contributed by atoms with Gasteiger partial charge in [0, 0.05) is 35.6 Å². The molecule has 92 valence electrons. The fourth-order valence-electron chi connectivity index (χ4n) is 1.67. The van der Waals surface area contributed by atoms with Gasteiger partial charge in [0.1, 0.15) is 0 Å². The fourth-order valence-corrected chi connectivity index (χ4v) is 2.04. The monoisotopic (exact) mass is 272 g/mol. The van der Waals surface area contributed by atoms with Crippen molar-refractivity contribution in [2.75, 3.05) is 19.6 Å². The van der Waals surface area contributed by atoms with Crippen molar-refractivity contribution in [2.24, 2.45) is 5.92 Å². The third-order valence-corrected chi connectivity index (χ3v) is 3.42. The van der Waals surface area contributed by atoms with E-state index in [1.54, 1.807) is 18.2 Å². The third kappa shape index (κ3) is 3.60. The predicted molar refractivity (Wildman–Crippen MR) is 69.5 cm³/mol. The zero-order valence-electron chi connectivity index (χ0n) is 9.30. The first-order valence-electron chi connectivity index (χ1n) is 5.56. The second kappa shape index (κ2) is 5.71. The Hall–Kier alpha value is -0.770. The molecule has 3 nitrogen and oxygen atoms in total. The van der Waals surface area contributed by atoms with Crippen LogP contribution in [0.25, 0.3) is 0 Å². The van der Waals surface area contributed by atoms with E-state index >= 15 is 0 Å². The van der Waals surface area contributed by atoms with Gasteiger partial charge in [0.15, 0.2) is 0 Å². The Bertz CT molecular complexity index is 419. The lowest BCUT2D eigenvalue weighted by atomic mass is 10.0. The summed E-state index contributed by atoms with van der Waals surface area (Å²) in [7, 11) is 0. The largest absolute Gasteiger partial charge is 0.355 e. The number of carbonyl (C=O) groups excluding carboxylic acids is 1. The summed E-state index contributed by atoms with van der Waals surface area (Å²) in [5.41, 5.74) is 0.767. The molecule has 1 saturated heterocycles. The van der Waals surface area contributed by atoms with Gasteiger partial charge in [-0.25, -0.2) is 0 Å². The Balaban J connectivity index is 1.86. The summed E-state index contributed by atoms with van der Waals surface area (Å²) in [4.78, 5) is 11.7. The predicted octanol–water partition coefficient (Wildman–Crippen LogP) is 1.87. The van der Waals surface area contributed by atoms with Gasteiger partial charge in [-0.1, -0.05) is 23.2 Å². The van der Waals surface area contributed by atoms with Crippen LogP contribution in [0, 0.1) is 5.92 Å². The van der Waals surface area contributed by atoms with Crippen LogP contribution in [0.4, 0.5) is 0 Å². The van der Waals surface area contributed by atoms with E-state index in [-0.39, 0.29) is 12.3 Å². The van der Waals surface area contributed by atoms with Gasteiger partial charge in [-0.05, 0) is 23.8 Å². The van der Waals surface area contributed by atoms with Crippen LogP contribution in [0.5, 0.6) is 0 Å². The molecule has 2 N–H and O–H groups in total. The summed E-state index contributed by atoms with van der Waals surface area (Å²) in [5, 5.41) is 7.24. The first kappa shape index (κ1) is 12.7. The Kier molecular flexibility index (Phi) is 4.26. The molecule has 0 spiro atoms. The van der Waals surface area contributed by atoms with Crippen LogP contribution < -0.4 is 10.6 Å². The smallest absolute Gasteiger partial charge is 0.224 e. The molecule has 1 aromatic carbocycles. The summed E-state index contributed by atoms with van der Waals surface area (Å²) in [5.74, 6) is 0.551. The van der Waals surface area contributed by atoms with Crippen LogP contribution in [0.2, 0.25) is 10.0 Å². The molecular formula is C12H14Cl2N2O. The maximum Gasteiger partial charge on any atom is 0.224 e.